The number of amides is 1. The Morgan fingerprint density at radius 1 is 1.25 bits per heavy atom. The molecule has 0 aliphatic heterocycles. The summed E-state index contributed by atoms with van der Waals surface area (Å²) in [5.41, 5.74) is 1.02. The fourth-order valence-electron chi connectivity index (χ4n) is 1.11. The number of allylic oxidation sites excluding steroid dienone is 1. The van der Waals surface area contributed by atoms with Crippen molar-refractivity contribution in [2.75, 3.05) is 0 Å². The lowest BCUT2D eigenvalue weighted by molar-refractivity contribution is -0.115. The van der Waals surface area contributed by atoms with E-state index in [2.05, 4.69) is 19.2 Å². The molecule has 0 saturated carbocycles. The maximum absolute atomic E-state index is 11.3. The molecule has 1 amide bonds. The van der Waals surface area contributed by atoms with Gasteiger partial charge in [-0.2, -0.15) is 0 Å². The average Bonchev–Trinajstić information content (AvgIpc) is 2.27. The SMILES string of the molecule is CC(C)/C=C/NC(=O)/C=C/c1ccccc1. The van der Waals surface area contributed by atoms with Gasteiger partial charge >= 0.3 is 0 Å². The predicted molar refractivity (Wildman–Crippen MR) is 67.6 cm³/mol. The van der Waals surface area contributed by atoms with Crippen LogP contribution in [0.5, 0.6) is 0 Å². The molecule has 84 valence electrons. The van der Waals surface area contributed by atoms with E-state index >= 15 is 0 Å². The van der Waals surface area contributed by atoms with Crippen molar-refractivity contribution in [2.45, 2.75) is 13.8 Å². The van der Waals surface area contributed by atoms with E-state index in [1.165, 1.54) is 6.08 Å². The molecule has 0 aliphatic rings. The predicted octanol–water partition coefficient (Wildman–Crippen LogP) is 2.99. The van der Waals surface area contributed by atoms with Gasteiger partial charge in [-0.25, -0.2) is 0 Å². The van der Waals surface area contributed by atoms with Crippen LogP contribution in [0.25, 0.3) is 6.08 Å². The van der Waals surface area contributed by atoms with Crippen LogP contribution in [-0.4, -0.2) is 5.91 Å². The number of carbonyl (C=O) groups excluding carboxylic acids is 1. The Morgan fingerprint density at radius 3 is 2.56 bits per heavy atom. The van der Waals surface area contributed by atoms with E-state index in [1.807, 2.05) is 36.4 Å². The fourth-order valence-corrected chi connectivity index (χ4v) is 1.11. The summed E-state index contributed by atoms with van der Waals surface area (Å²) in [4.78, 5) is 11.3. The lowest BCUT2D eigenvalue weighted by Gasteiger charge is -1.96. The summed E-state index contributed by atoms with van der Waals surface area (Å²) in [5.74, 6) is 0.333. The van der Waals surface area contributed by atoms with Gasteiger partial charge in [0.15, 0.2) is 0 Å². The summed E-state index contributed by atoms with van der Waals surface area (Å²) in [6.07, 6.45) is 6.94. The summed E-state index contributed by atoms with van der Waals surface area (Å²) >= 11 is 0. The van der Waals surface area contributed by atoms with E-state index in [-0.39, 0.29) is 5.91 Å². The highest BCUT2D eigenvalue weighted by molar-refractivity contribution is 5.92. The quantitative estimate of drug-likeness (QED) is 0.769. The molecular formula is C14H17NO. The van der Waals surface area contributed by atoms with Crippen LogP contribution in [0.3, 0.4) is 0 Å². The molecule has 2 heteroatoms. The number of benzene rings is 1. The molecule has 0 unspecified atom stereocenters. The van der Waals surface area contributed by atoms with Crippen LogP contribution in [0.15, 0.2) is 48.7 Å². The highest BCUT2D eigenvalue weighted by atomic mass is 16.1. The fraction of sp³-hybridized carbons (Fsp3) is 0.214. The summed E-state index contributed by atoms with van der Waals surface area (Å²) in [7, 11) is 0. The van der Waals surface area contributed by atoms with Crippen LogP contribution in [0.4, 0.5) is 0 Å². The van der Waals surface area contributed by atoms with Crippen molar-refractivity contribution in [1.82, 2.24) is 5.32 Å². The zero-order valence-electron chi connectivity index (χ0n) is 9.68. The number of hydrogen-bond donors (Lipinski definition) is 1. The molecule has 0 spiro atoms. The van der Waals surface area contributed by atoms with Crippen molar-refractivity contribution < 1.29 is 4.79 Å². The smallest absolute Gasteiger partial charge is 0.247 e. The summed E-state index contributed by atoms with van der Waals surface area (Å²) in [6.45, 7) is 4.12. The first-order valence-electron chi connectivity index (χ1n) is 5.39. The molecular weight excluding hydrogens is 198 g/mol. The van der Waals surface area contributed by atoms with Gasteiger partial charge in [0, 0.05) is 12.3 Å². The highest BCUT2D eigenvalue weighted by Gasteiger charge is 1.91. The number of hydrogen-bond acceptors (Lipinski definition) is 1. The van der Waals surface area contributed by atoms with Crippen LogP contribution in [0.1, 0.15) is 19.4 Å². The third-order valence-corrected chi connectivity index (χ3v) is 1.93. The Labute approximate surface area is 96.7 Å². The zero-order chi connectivity index (χ0) is 11.8. The van der Waals surface area contributed by atoms with Gasteiger partial charge in [-0.3, -0.25) is 4.79 Å². The van der Waals surface area contributed by atoms with Crippen LogP contribution in [0, 0.1) is 5.92 Å². The molecule has 0 radical (unpaired) electrons. The molecule has 0 bridgehead atoms. The van der Waals surface area contributed by atoms with Crippen LogP contribution in [0.2, 0.25) is 0 Å². The summed E-state index contributed by atoms with van der Waals surface area (Å²) in [5, 5.41) is 2.68. The molecule has 0 saturated heterocycles. The standard InChI is InChI=1S/C14H17NO/c1-12(2)10-11-15-14(16)9-8-13-6-4-3-5-7-13/h3-12H,1-2H3,(H,15,16)/b9-8+,11-10+. The van der Waals surface area contributed by atoms with E-state index in [1.54, 1.807) is 12.3 Å². The first-order valence-corrected chi connectivity index (χ1v) is 5.39. The number of rotatable bonds is 4. The van der Waals surface area contributed by atoms with Crippen LogP contribution in [-0.2, 0) is 4.79 Å². The van der Waals surface area contributed by atoms with Crippen molar-refractivity contribution in [2.24, 2.45) is 5.92 Å². The largest absolute Gasteiger partial charge is 0.329 e. The second-order valence-electron chi connectivity index (χ2n) is 3.86. The highest BCUT2D eigenvalue weighted by Crippen LogP contribution is 2.00. The lowest BCUT2D eigenvalue weighted by Crippen LogP contribution is -2.13. The second kappa shape index (κ2) is 6.62. The third kappa shape index (κ3) is 5.15. The van der Waals surface area contributed by atoms with Gasteiger partial charge in [0.25, 0.3) is 0 Å². The van der Waals surface area contributed by atoms with Crippen LogP contribution >= 0.6 is 0 Å². The van der Waals surface area contributed by atoms with E-state index in [9.17, 15) is 4.79 Å². The molecule has 1 N–H and O–H groups in total. The Morgan fingerprint density at radius 2 is 1.94 bits per heavy atom. The minimum atomic E-state index is -0.110. The molecule has 0 aromatic heterocycles. The molecule has 0 atom stereocenters. The van der Waals surface area contributed by atoms with Gasteiger partial charge in [-0.15, -0.1) is 0 Å². The normalized spacial score (nSPS) is 11.4. The summed E-state index contributed by atoms with van der Waals surface area (Å²) < 4.78 is 0. The zero-order valence-corrected chi connectivity index (χ0v) is 9.68. The van der Waals surface area contributed by atoms with Crippen molar-refractivity contribution in [3.63, 3.8) is 0 Å². The van der Waals surface area contributed by atoms with E-state index in [0.29, 0.717) is 5.92 Å². The summed E-state index contributed by atoms with van der Waals surface area (Å²) in [6, 6.07) is 9.73. The Balaban J connectivity index is 2.43. The molecule has 0 fully saturated rings. The Bertz CT molecular complexity index is 377. The molecule has 0 aliphatic carbocycles. The minimum Gasteiger partial charge on any atom is -0.329 e. The van der Waals surface area contributed by atoms with E-state index in [4.69, 9.17) is 0 Å². The number of carbonyl (C=O) groups is 1. The number of nitrogens with one attached hydrogen (secondary N) is 1. The first-order chi connectivity index (χ1) is 7.68. The maximum Gasteiger partial charge on any atom is 0.247 e. The van der Waals surface area contributed by atoms with E-state index in [0.717, 1.165) is 5.56 Å². The van der Waals surface area contributed by atoms with Crippen molar-refractivity contribution >= 4 is 12.0 Å². The molecule has 16 heavy (non-hydrogen) atoms. The minimum absolute atomic E-state index is 0.110. The van der Waals surface area contributed by atoms with Crippen molar-refractivity contribution in [1.29, 1.82) is 0 Å². The first kappa shape index (κ1) is 12.2. The lowest BCUT2D eigenvalue weighted by atomic mass is 10.2. The average molecular weight is 215 g/mol. The molecule has 0 heterocycles. The monoisotopic (exact) mass is 215 g/mol. The molecule has 1 aromatic rings. The third-order valence-electron chi connectivity index (χ3n) is 1.93. The Kier molecular flexibility index (Phi) is 5.06. The van der Waals surface area contributed by atoms with Gasteiger partial charge in [0.05, 0.1) is 0 Å². The molecule has 2 nitrogen and oxygen atoms in total. The maximum atomic E-state index is 11.3. The topological polar surface area (TPSA) is 29.1 Å². The van der Waals surface area contributed by atoms with Crippen molar-refractivity contribution in [3.05, 3.63) is 54.2 Å². The Hall–Kier alpha value is -1.83. The van der Waals surface area contributed by atoms with Gasteiger partial charge < -0.3 is 5.32 Å². The van der Waals surface area contributed by atoms with Gasteiger partial charge in [0.1, 0.15) is 0 Å². The van der Waals surface area contributed by atoms with Crippen molar-refractivity contribution in [3.8, 4) is 0 Å². The van der Waals surface area contributed by atoms with Gasteiger partial charge in [-0.05, 0) is 17.6 Å². The van der Waals surface area contributed by atoms with Gasteiger partial charge in [0.2, 0.25) is 5.91 Å². The molecule has 1 aromatic carbocycles. The molecule has 1 rings (SSSR count). The van der Waals surface area contributed by atoms with E-state index < -0.39 is 0 Å². The van der Waals surface area contributed by atoms with Gasteiger partial charge in [-0.1, -0.05) is 50.3 Å². The second-order valence-corrected chi connectivity index (χ2v) is 3.86. The van der Waals surface area contributed by atoms with Crippen LogP contribution < -0.4 is 5.32 Å².